The Balaban J connectivity index is 0.00000147. The van der Waals surface area contributed by atoms with Crippen LogP contribution in [0.4, 0.5) is 0 Å². The monoisotopic (exact) mass is 287 g/mol. The first-order valence-electron chi connectivity index (χ1n) is 6.58. The van der Waals surface area contributed by atoms with Crippen molar-refractivity contribution in [3.8, 4) is 0 Å². The van der Waals surface area contributed by atoms with Crippen LogP contribution in [0.3, 0.4) is 0 Å². The lowest BCUT2D eigenvalue weighted by Crippen LogP contribution is -2.13. The molecular weight excluding hydrogens is 270 g/mol. The van der Waals surface area contributed by atoms with Gasteiger partial charge in [0.2, 0.25) is 0 Å². The van der Waals surface area contributed by atoms with Gasteiger partial charge in [-0.05, 0) is 39.6 Å². The van der Waals surface area contributed by atoms with Gasteiger partial charge in [-0.2, -0.15) is 0 Å². The highest BCUT2D eigenvalue weighted by atomic mass is 35.5. The Morgan fingerprint density at radius 1 is 0.900 bits per heavy atom. The van der Waals surface area contributed by atoms with Gasteiger partial charge in [0, 0.05) is 12.6 Å². The number of aliphatic hydroxyl groups is 1. The largest absolute Gasteiger partial charge is 0.396 e. The summed E-state index contributed by atoms with van der Waals surface area (Å²) in [5.74, 6) is 0. The molecule has 0 saturated carbocycles. The standard InChI is InChI=1S/C17H17NO.ClH/c18-16(9-10-19)17-14-7-3-1-5-12(14)11-13-6-2-4-8-15(13)17;/h1-8,11,16,19H,9-10,18H2;1H/t16-;/m1./s1. The van der Waals surface area contributed by atoms with Gasteiger partial charge in [0.15, 0.2) is 0 Å². The van der Waals surface area contributed by atoms with Crippen LogP contribution < -0.4 is 5.73 Å². The van der Waals surface area contributed by atoms with Crippen molar-refractivity contribution < 1.29 is 5.11 Å². The number of halogens is 1. The maximum absolute atomic E-state index is 9.16. The lowest BCUT2D eigenvalue weighted by molar-refractivity contribution is 0.277. The summed E-state index contributed by atoms with van der Waals surface area (Å²) in [4.78, 5) is 0. The Labute approximate surface area is 124 Å². The first-order valence-corrected chi connectivity index (χ1v) is 6.58. The molecule has 0 bridgehead atoms. The van der Waals surface area contributed by atoms with Crippen LogP contribution in [0.25, 0.3) is 21.5 Å². The summed E-state index contributed by atoms with van der Waals surface area (Å²) in [6.07, 6.45) is 0.581. The minimum absolute atomic E-state index is 0. The van der Waals surface area contributed by atoms with Crippen LogP contribution in [0.2, 0.25) is 0 Å². The first-order chi connectivity index (χ1) is 9.31. The smallest absolute Gasteiger partial charge is 0.0449 e. The normalized spacial score (nSPS) is 12.3. The molecule has 0 aliphatic rings. The molecule has 0 spiro atoms. The van der Waals surface area contributed by atoms with Crippen LogP contribution in [0.15, 0.2) is 54.6 Å². The number of fused-ring (bicyclic) bond motifs is 2. The molecule has 0 aliphatic heterocycles. The molecule has 0 aliphatic carbocycles. The predicted molar refractivity (Wildman–Crippen MR) is 87.3 cm³/mol. The lowest BCUT2D eigenvalue weighted by atomic mass is 9.91. The number of rotatable bonds is 3. The Kier molecular flexibility index (Phi) is 4.61. The molecule has 20 heavy (non-hydrogen) atoms. The van der Waals surface area contributed by atoms with Gasteiger partial charge >= 0.3 is 0 Å². The number of nitrogens with two attached hydrogens (primary N) is 1. The van der Waals surface area contributed by atoms with Crippen molar-refractivity contribution in [2.24, 2.45) is 5.73 Å². The second-order valence-electron chi connectivity index (χ2n) is 4.85. The van der Waals surface area contributed by atoms with Crippen molar-refractivity contribution in [1.29, 1.82) is 0 Å². The minimum atomic E-state index is -0.138. The predicted octanol–water partition coefficient (Wildman–Crippen LogP) is 3.80. The quantitative estimate of drug-likeness (QED) is 0.720. The molecule has 0 radical (unpaired) electrons. The SMILES string of the molecule is Cl.N[C@H](CCO)c1c2ccccc2cc2ccccc12. The third-order valence-electron chi connectivity index (χ3n) is 3.62. The third kappa shape index (κ3) is 2.50. The zero-order valence-corrected chi connectivity index (χ0v) is 11.9. The van der Waals surface area contributed by atoms with Gasteiger partial charge in [-0.15, -0.1) is 12.4 Å². The zero-order valence-electron chi connectivity index (χ0n) is 11.1. The van der Waals surface area contributed by atoms with Crippen molar-refractivity contribution >= 4 is 34.0 Å². The third-order valence-corrected chi connectivity index (χ3v) is 3.62. The Hall–Kier alpha value is -1.61. The fourth-order valence-corrected chi connectivity index (χ4v) is 2.73. The maximum atomic E-state index is 9.16. The van der Waals surface area contributed by atoms with Crippen LogP contribution in [0.5, 0.6) is 0 Å². The topological polar surface area (TPSA) is 46.2 Å². The van der Waals surface area contributed by atoms with E-state index in [1.165, 1.54) is 21.5 Å². The van der Waals surface area contributed by atoms with E-state index in [9.17, 15) is 0 Å². The molecule has 3 heteroatoms. The first kappa shape index (κ1) is 14.8. The Morgan fingerprint density at radius 3 is 1.90 bits per heavy atom. The van der Waals surface area contributed by atoms with Crippen molar-refractivity contribution in [3.05, 3.63) is 60.2 Å². The summed E-state index contributed by atoms with van der Waals surface area (Å²) in [6.45, 7) is 0.110. The molecule has 0 aromatic heterocycles. The molecule has 104 valence electrons. The van der Waals surface area contributed by atoms with Crippen molar-refractivity contribution in [1.82, 2.24) is 0 Å². The van der Waals surface area contributed by atoms with E-state index in [1.807, 2.05) is 24.3 Å². The van der Waals surface area contributed by atoms with Crippen molar-refractivity contribution in [2.45, 2.75) is 12.5 Å². The molecule has 1 atom stereocenters. The van der Waals surface area contributed by atoms with Crippen LogP contribution >= 0.6 is 12.4 Å². The molecule has 3 aromatic rings. The summed E-state index contributed by atoms with van der Waals surface area (Å²) in [7, 11) is 0. The van der Waals surface area contributed by atoms with E-state index in [2.05, 4.69) is 30.3 Å². The fraction of sp³-hybridized carbons (Fsp3) is 0.176. The van der Waals surface area contributed by atoms with E-state index < -0.39 is 0 Å². The summed E-state index contributed by atoms with van der Waals surface area (Å²) in [5, 5.41) is 13.9. The van der Waals surface area contributed by atoms with Gasteiger partial charge in [-0.1, -0.05) is 48.5 Å². The number of hydrogen-bond acceptors (Lipinski definition) is 2. The number of benzene rings is 3. The van der Waals surface area contributed by atoms with Crippen LogP contribution in [0.1, 0.15) is 18.0 Å². The Morgan fingerprint density at radius 2 is 1.40 bits per heavy atom. The molecule has 0 fully saturated rings. The highest BCUT2D eigenvalue weighted by Crippen LogP contribution is 2.32. The van der Waals surface area contributed by atoms with E-state index >= 15 is 0 Å². The fourth-order valence-electron chi connectivity index (χ4n) is 2.73. The summed E-state index contributed by atoms with van der Waals surface area (Å²) >= 11 is 0. The lowest BCUT2D eigenvalue weighted by Gasteiger charge is -2.17. The number of hydrogen-bond donors (Lipinski definition) is 2. The van der Waals surface area contributed by atoms with Crippen molar-refractivity contribution in [3.63, 3.8) is 0 Å². The molecule has 3 aromatic carbocycles. The summed E-state index contributed by atoms with van der Waals surface area (Å²) in [6, 6.07) is 18.6. The molecule has 0 amide bonds. The Bertz CT molecular complexity index is 672. The molecular formula is C17H18ClNO. The summed E-state index contributed by atoms with van der Waals surface area (Å²) < 4.78 is 0. The van der Waals surface area contributed by atoms with Gasteiger partial charge in [0.1, 0.15) is 0 Å². The molecule has 0 heterocycles. The minimum Gasteiger partial charge on any atom is -0.396 e. The van der Waals surface area contributed by atoms with Gasteiger partial charge in [-0.3, -0.25) is 0 Å². The molecule has 0 saturated heterocycles. The number of aliphatic hydroxyl groups excluding tert-OH is 1. The van der Waals surface area contributed by atoms with Gasteiger partial charge in [-0.25, -0.2) is 0 Å². The average molecular weight is 288 g/mol. The second-order valence-corrected chi connectivity index (χ2v) is 4.85. The van der Waals surface area contributed by atoms with Gasteiger partial charge in [0.25, 0.3) is 0 Å². The van der Waals surface area contributed by atoms with Gasteiger partial charge in [0.05, 0.1) is 0 Å². The van der Waals surface area contributed by atoms with Gasteiger partial charge < -0.3 is 10.8 Å². The highest BCUT2D eigenvalue weighted by Gasteiger charge is 2.13. The second kappa shape index (κ2) is 6.23. The van der Waals surface area contributed by atoms with Crippen molar-refractivity contribution in [2.75, 3.05) is 6.61 Å². The van der Waals surface area contributed by atoms with E-state index in [-0.39, 0.29) is 25.1 Å². The molecule has 0 unspecified atom stereocenters. The van der Waals surface area contributed by atoms with Crippen LogP contribution in [0, 0.1) is 0 Å². The molecule has 2 nitrogen and oxygen atoms in total. The summed E-state index contributed by atoms with van der Waals surface area (Å²) in [5.41, 5.74) is 7.42. The van der Waals surface area contributed by atoms with E-state index in [0.29, 0.717) is 6.42 Å². The highest BCUT2D eigenvalue weighted by molar-refractivity contribution is 6.02. The van der Waals surface area contributed by atoms with Crippen LogP contribution in [-0.2, 0) is 0 Å². The average Bonchev–Trinajstić information content (AvgIpc) is 2.44. The van der Waals surface area contributed by atoms with E-state index in [4.69, 9.17) is 10.8 Å². The maximum Gasteiger partial charge on any atom is 0.0449 e. The van der Waals surface area contributed by atoms with E-state index in [1.54, 1.807) is 0 Å². The zero-order chi connectivity index (χ0) is 13.2. The molecule has 3 N–H and O–H groups in total. The van der Waals surface area contributed by atoms with Crippen LogP contribution in [-0.4, -0.2) is 11.7 Å². The van der Waals surface area contributed by atoms with E-state index in [0.717, 1.165) is 5.56 Å². The molecule has 3 rings (SSSR count).